The summed E-state index contributed by atoms with van der Waals surface area (Å²) in [5.74, 6) is 0.0692. The number of nitrogens with zero attached hydrogens (tertiary/aromatic N) is 2. The van der Waals surface area contributed by atoms with Gasteiger partial charge in [0.1, 0.15) is 0 Å². The lowest BCUT2D eigenvalue weighted by Gasteiger charge is -2.13. The second-order valence-corrected chi connectivity index (χ2v) is 6.03. The minimum Gasteiger partial charge on any atom is -0.350 e. The van der Waals surface area contributed by atoms with Gasteiger partial charge in [-0.05, 0) is 43.5 Å². The molecule has 0 fully saturated rings. The molecule has 124 valence electrons. The summed E-state index contributed by atoms with van der Waals surface area (Å²) >= 11 is 0. The van der Waals surface area contributed by atoms with Gasteiger partial charge < -0.3 is 9.88 Å². The van der Waals surface area contributed by atoms with Gasteiger partial charge in [0.15, 0.2) is 0 Å². The maximum Gasteiger partial charge on any atom is 0.220 e. The summed E-state index contributed by atoms with van der Waals surface area (Å²) in [5.41, 5.74) is 3.49. The van der Waals surface area contributed by atoms with Gasteiger partial charge in [0.05, 0.1) is 6.04 Å². The average molecular weight is 321 g/mol. The fourth-order valence-electron chi connectivity index (χ4n) is 3.06. The van der Waals surface area contributed by atoms with Crippen LogP contribution in [0.1, 0.15) is 37.4 Å². The number of hydrogen-bond acceptors (Lipinski definition) is 2. The summed E-state index contributed by atoms with van der Waals surface area (Å²) in [4.78, 5) is 16.4. The number of para-hydroxylation sites is 1. The first-order chi connectivity index (χ1) is 11.7. The number of amides is 1. The van der Waals surface area contributed by atoms with E-state index in [1.807, 2.05) is 19.1 Å². The molecule has 2 aromatic heterocycles. The van der Waals surface area contributed by atoms with Crippen LogP contribution in [0, 0.1) is 0 Å². The van der Waals surface area contributed by atoms with Crippen LogP contribution in [0.3, 0.4) is 0 Å². The molecule has 0 aliphatic rings. The zero-order valence-electron chi connectivity index (χ0n) is 14.2. The SMILES string of the molecule is CCn1cc(CCC(=O)NC(C)c2cccnc2)c2ccccc21. The number of benzene rings is 1. The van der Waals surface area contributed by atoms with Gasteiger partial charge >= 0.3 is 0 Å². The zero-order valence-corrected chi connectivity index (χ0v) is 14.2. The Kier molecular flexibility index (Phi) is 4.94. The number of fused-ring (bicyclic) bond motifs is 1. The first-order valence-electron chi connectivity index (χ1n) is 8.45. The maximum absolute atomic E-state index is 12.3. The van der Waals surface area contributed by atoms with Crippen LogP contribution >= 0.6 is 0 Å². The van der Waals surface area contributed by atoms with Crippen molar-refractivity contribution >= 4 is 16.8 Å². The molecule has 1 unspecified atom stereocenters. The quantitative estimate of drug-likeness (QED) is 0.749. The largest absolute Gasteiger partial charge is 0.350 e. The van der Waals surface area contributed by atoms with Crippen LogP contribution < -0.4 is 5.32 Å². The standard InChI is InChI=1S/C20H23N3O/c1-3-23-14-17(18-8-4-5-9-19(18)23)10-11-20(24)22-15(2)16-7-6-12-21-13-16/h4-9,12-15H,3,10-11H2,1-2H3,(H,22,24). The van der Waals surface area contributed by atoms with Gasteiger partial charge in [0.25, 0.3) is 0 Å². The molecular formula is C20H23N3O. The molecule has 0 bridgehead atoms. The number of pyridine rings is 1. The van der Waals surface area contributed by atoms with Crippen LogP contribution in [-0.4, -0.2) is 15.5 Å². The van der Waals surface area contributed by atoms with Gasteiger partial charge in [-0.3, -0.25) is 9.78 Å². The van der Waals surface area contributed by atoms with Crippen LogP contribution in [0.25, 0.3) is 10.9 Å². The molecule has 0 radical (unpaired) electrons. The average Bonchev–Trinajstić information content (AvgIpc) is 2.99. The summed E-state index contributed by atoms with van der Waals surface area (Å²) in [6.45, 7) is 5.06. The predicted molar refractivity (Wildman–Crippen MR) is 96.7 cm³/mol. The summed E-state index contributed by atoms with van der Waals surface area (Å²) in [6, 6.07) is 12.2. The van der Waals surface area contributed by atoms with E-state index in [1.165, 1.54) is 16.5 Å². The fourth-order valence-corrected chi connectivity index (χ4v) is 3.06. The van der Waals surface area contributed by atoms with Crippen LogP contribution in [0.4, 0.5) is 0 Å². The van der Waals surface area contributed by atoms with E-state index in [1.54, 1.807) is 12.4 Å². The topological polar surface area (TPSA) is 46.9 Å². The van der Waals surface area contributed by atoms with Crippen molar-refractivity contribution < 1.29 is 4.79 Å². The number of aryl methyl sites for hydroxylation is 2. The van der Waals surface area contributed by atoms with E-state index in [0.29, 0.717) is 6.42 Å². The van der Waals surface area contributed by atoms with E-state index < -0.39 is 0 Å². The first kappa shape index (κ1) is 16.2. The molecule has 3 aromatic rings. The molecule has 1 atom stereocenters. The van der Waals surface area contributed by atoms with Crippen molar-refractivity contribution in [3.8, 4) is 0 Å². The molecule has 24 heavy (non-hydrogen) atoms. The highest BCUT2D eigenvalue weighted by Gasteiger charge is 2.12. The molecule has 1 N–H and O–H groups in total. The van der Waals surface area contributed by atoms with Gasteiger partial charge in [-0.15, -0.1) is 0 Å². The normalized spacial score (nSPS) is 12.2. The lowest BCUT2D eigenvalue weighted by molar-refractivity contribution is -0.121. The molecule has 0 aliphatic carbocycles. The van der Waals surface area contributed by atoms with E-state index >= 15 is 0 Å². The van der Waals surface area contributed by atoms with Crippen molar-refractivity contribution in [3.05, 3.63) is 66.1 Å². The minimum atomic E-state index is -0.0248. The Morgan fingerprint density at radius 1 is 1.25 bits per heavy atom. The zero-order chi connectivity index (χ0) is 16.9. The third-order valence-corrected chi connectivity index (χ3v) is 4.40. The van der Waals surface area contributed by atoms with Gasteiger partial charge in [-0.1, -0.05) is 24.3 Å². The Morgan fingerprint density at radius 3 is 2.83 bits per heavy atom. The molecule has 1 amide bonds. The van der Waals surface area contributed by atoms with E-state index in [9.17, 15) is 4.79 Å². The molecule has 3 rings (SSSR count). The first-order valence-corrected chi connectivity index (χ1v) is 8.45. The highest BCUT2D eigenvalue weighted by molar-refractivity contribution is 5.85. The number of carbonyl (C=O) groups is 1. The lowest BCUT2D eigenvalue weighted by atomic mass is 10.1. The molecule has 1 aromatic carbocycles. The Bertz CT molecular complexity index is 823. The molecule has 4 nitrogen and oxygen atoms in total. The van der Waals surface area contributed by atoms with E-state index in [2.05, 4.69) is 52.3 Å². The number of hydrogen-bond donors (Lipinski definition) is 1. The van der Waals surface area contributed by atoms with E-state index in [4.69, 9.17) is 0 Å². The van der Waals surface area contributed by atoms with Crippen molar-refractivity contribution in [2.75, 3.05) is 0 Å². The van der Waals surface area contributed by atoms with Crippen LogP contribution in [0.15, 0.2) is 55.0 Å². The molecule has 2 heterocycles. The van der Waals surface area contributed by atoms with Crippen LogP contribution in [0.5, 0.6) is 0 Å². The van der Waals surface area contributed by atoms with E-state index in [0.717, 1.165) is 18.5 Å². The highest BCUT2D eigenvalue weighted by atomic mass is 16.1. The maximum atomic E-state index is 12.3. The second kappa shape index (κ2) is 7.30. The highest BCUT2D eigenvalue weighted by Crippen LogP contribution is 2.22. The molecule has 4 heteroatoms. The van der Waals surface area contributed by atoms with Crippen molar-refractivity contribution in [1.29, 1.82) is 0 Å². The number of carbonyl (C=O) groups excluding carboxylic acids is 1. The molecule has 0 saturated heterocycles. The van der Waals surface area contributed by atoms with Crippen molar-refractivity contribution in [3.63, 3.8) is 0 Å². The van der Waals surface area contributed by atoms with E-state index in [-0.39, 0.29) is 11.9 Å². The Balaban J connectivity index is 1.64. The summed E-state index contributed by atoms with van der Waals surface area (Å²) in [5, 5.41) is 4.29. The second-order valence-electron chi connectivity index (χ2n) is 6.03. The molecular weight excluding hydrogens is 298 g/mol. The van der Waals surface area contributed by atoms with Gasteiger partial charge in [0.2, 0.25) is 5.91 Å². The Labute approximate surface area is 142 Å². The number of nitrogens with one attached hydrogen (secondary N) is 1. The van der Waals surface area contributed by atoms with Gasteiger partial charge in [0, 0.05) is 42.5 Å². The summed E-state index contributed by atoms with van der Waals surface area (Å²) in [6.07, 6.45) is 6.94. The van der Waals surface area contributed by atoms with Crippen LogP contribution in [-0.2, 0) is 17.8 Å². The lowest BCUT2D eigenvalue weighted by Crippen LogP contribution is -2.26. The summed E-state index contributed by atoms with van der Waals surface area (Å²) < 4.78 is 2.24. The van der Waals surface area contributed by atoms with Crippen molar-refractivity contribution in [2.45, 2.75) is 39.3 Å². The third-order valence-electron chi connectivity index (χ3n) is 4.40. The molecule has 0 saturated carbocycles. The molecule has 0 spiro atoms. The van der Waals surface area contributed by atoms with Crippen molar-refractivity contribution in [2.24, 2.45) is 0 Å². The third kappa shape index (κ3) is 3.48. The Hall–Kier alpha value is -2.62. The monoisotopic (exact) mass is 321 g/mol. The number of aromatic nitrogens is 2. The smallest absolute Gasteiger partial charge is 0.220 e. The fraction of sp³-hybridized carbons (Fsp3) is 0.300. The summed E-state index contributed by atoms with van der Waals surface area (Å²) in [7, 11) is 0. The van der Waals surface area contributed by atoms with Gasteiger partial charge in [-0.25, -0.2) is 0 Å². The molecule has 0 aliphatic heterocycles. The Morgan fingerprint density at radius 2 is 2.08 bits per heavy atom. The predicted octanol–water partition coefficient (Wildman–Crippen LogP) is 3.87. The minimum absolute atomic E-state index is 0.0248. The number of rotatable bonds is 6. The van der Waals surface area contributed by atoms with Crippen LogP contribution in [0.2, 0.25) is 0 Å². The van der Waals surface area contributed by atoms with Crippen molar-refractivity contribution in [1.82, 2.24) is 14.9 Å². The van der Waals surface area contributed by atoms with Gasteiger partial charge in [-0.2, -0.15) is 0 Å².